The maximum atomic E-state index is 13.5. The van der Waals surface area contributed by atoms with Gasteiger partial charge in [-0.1, -0.05) is 31.2 Å². The van der Waals surface area contributed by atoms with Gasteiger partial charge in [-0.15, -0.1) is 0 Å². The first-order valence-electron chi connectivity index (χ1n) is 17.7. The smallest absolute Gasteiger partial charge is 0.350 e. The first-order valence-corrected chi connectivity index (χ1v) is 17.7. The SMILES string of the molecule is CCN(CC)c1ccc(C2=C(O)C(C3C=CC(N(CC)CCOC(=O)C4(C)CCc5c(C)c(O)c(C)c(C)c5O4)C=C3NC(C)=O)C2=O)cc1. The van der Waals surface area contributed by atoms with E-state index in [-0.39, 0.29) is 35.8 Å². The molecule has 0 saturated heterocycles. The first kappa shape index (κ1) is 36.7. The number of nitrogens with one attached hydrogen (secondary N) is 1. The van der Waals surface area contributed by atoms with Gasteiger partial charge in [0.25, 0.3) is 0 Å². The molecular weight excluding hydrogens is 634 g/mol. The van der Waals surface area contributed by atoms with E-state index in [2.05, 4.69) is 29.0 Å². The number of aliphatic hydroxyl groups excluding tert-OH is 1. The van der Waals surface area contributed by atoms with Crippen molar-refractivity contribution >= 4 is 28.9 Å². The molecule has 1 aliphatic heterocycles. The highest BCUT2D eigenvalue weighted by molar-refractivity contribution is 6.30. The highest BCUT2D eigenvalue weighted by Crippen LogP contribution is 2.45. The van der Waals surface area contributed by atoms with Crippen LogP contribution in [-0.2, 0) is 25.5 Å². The normalized spacial score (nSPS) is 22.8. The Morgan fingerprint density at radius 3 is 2.28 bits per heavy atom. The second-order valence-corrected chi connectivity index (χ2v) is 13.7. The molecule has 0 fully saturated rings. The van der Waals surface area contributed by atoms with Crippen molar-refractivity contribution in [1.29, 1.82) is 0 Å². The van der Waals surface area contributed by atoms with Crippen molar-refractivity contribution in [1.82, 2.24) is 10.2 Å². The lowest BCUT2D eigenvalue weighted by atomic mass is 9.69. The molecule has 0 bridgehead atoms. The lowest BCUT2D eigenvalue weighted by molar-refractivity contribution is -0.162. The Balaban J connectivity index is 1.25. The van der Waals surface area contributed by atoms with E-state index in [0.717, 1.165) is 41.0 Å². The standard InChI is InChI=1S/C40H51N3O7/c1-9-42(10-2)28-14-12-27(13-15-28)33-36(46)34(37(33)47)31-17-16-29(22-32(31)41-26(7)44)43(11-3)20-21-49-39(48)40(8)19-18-30-25(6)35(45)23(4)24(5)38(30)50-40/h12-17,22,29,31,34,45-46H,9-11,18-21H2,1-8H3,(H,41,44). The van der Waals surface area contributed by atoms with Gasteiger partial charge in [0, 0.05) is 61.9 Å². The first-order chi connectivity index (χ1) is 23.8. The molecule has 3 N–H and O–H groups in total. The molecule has 50 heavy (non-hydrogen) atoms. The van der Waals surface area contributed by atoms with Crippen LogP contribution in [0.15, 0.2) is 53.9 Å². The van der Waals surface area contributed by atoms with Crippen LogP contribution in [0.2, 0.25) is 0 Å². The van der Waals surface area contributed by atoms with Gasteiger partial charge in [-0.3, -0.25) is 14.5 Å². The summed E-state index contributed by atoms with van der Waals surface area (Å²) >= 11 is 0. The van der Waals surface area contributed by atoms with E-state index in [9.17, 15) is 24.6 Å². The van der Waals surface area contributed by atoms with E-state index < -0.39 is 23.4 Å². The van der Waals surface area contributed by atoms with E-state index in [4.69, 9.17) is 9.47 Å². The topological polar surface area (TPSA) is 129 Å². The van der Waals surface area contributed by atoms with E-state index in [1.54, 1.807) is 6.92 Å². The summed E-state index contributed by atoms with van der Waals surface area (Å²) in [5, 5.41) is 24.6. The minimum Gasteiger partial charge on any atom is -0.511 e. The van der Waals surface area contributed by atoms with Gasteiger partial charge in [-0.25, -0.2) is 4.79 Å². The number of amides is 1. The fourth-order valence-corrected chi connectivity index (χ4v) is 7.39. The van der Waals surface area contributed by atoms with Crippen molar-refractivity contribution in [2.75, 3.05) is 37.7 Å². The number of phenols is 1. The quantitative estimate of drug-likeness (QED) is 0.186. The maximum Gasteiger partial charge on any atom is 0.350 e. The van der Waals surface area contributed by atoms with Crippen molar-refractivity contribution in [2.45, 2.75) is 79.9 Å². The molecule has 2 aliphatic carbocycles. The summed E-state index contributed by atoms with van der Waals surface area (Å²) in [6.07, 6.45) is 6.76. The van der Waals surface area contributed by atoms with Crippen LogP contribution in [0.3, 0.4) is 0 Å². The highest BCUT2D eigenvalue weighted by Gasteiger charge is 2.47. The van der Waals surface area contributed by atoms with Crippen molar-refractivity contribution in [3.05, 3.63) is 81.8 Å². The molecule has 2 aromatic rings. The Morgan fingerprint density at radius 1 is 1.00 bits per heavy atom. The fourth-order valence-electron chi connectivity index (χ4n) is 7.39. The molecule has 0 saturated carbocycles. The van der Waals surface area contributed by atoms with Gasteiger partial charge in [-0.05, 0) is 95.0 Å². The van der Waals surface area contributed by atoms with E-state index in [1.165, 1.54) is 6.92 Å². The van der Waals surface area contributed by atoms with Crippen LogP contribution in [0.1, 0.15) is 68.9 Å². The highest BCUT2D eigenvalue weighted by atomic mass is 16.6. The minimum absolute atomic E-state index is 0.0209. The Hall–Kier alpha value is -4.57. The number of anilines is 1. The molecule has 4 atom stereocenters. The van der Waals surface area contributed by atoms with Gasteiger partial charge >= 0.3 is 5.97 Å². The van der Waals surface area contributed by atoms with Crippen molar-refractivity contribution in [3.8, 4) is 11.5 Å². The fraction of sp³-hybridized carbons (Fsp3) is 0.475. The second-order valence-electron chi connectivity index (χ2n) is 13.7. The number of rotatable bonds is 12. The van der Waals surface area contributed by atoms with Gasteiger partial charge in [0.2, 0.25) is 11.5 Å². The van der Waals surface area contributed by atoms with Crippen LogP contribution >= 0.6 is 0 Å². The third-order valence-corrected chi connectivity index (χ3v) is 10.7. The number of aliphatic hydroxyl groups is 1. The number of esters is 1. The average molecular weight is 686 g/mol. The number of carbonyl (C=O) groups is 3. The third kappa shape index (κ3) is 6.77. The van der Waals surface area contributed by atoms with Gasteiger partial charge in [0.05, 0.1) is 11.5 Å². The molecule has 268 valence electrons. The largest absolute Gasteiger partial charge is 0.511 e. The van der Waals surface area contributed by atoms with E-state index in [0.29, 0.717) is 48.5 Å². The summed E-state index contributed by atoms with van der Waals surface area (Å²) in [7, 11) is 0. The number of Topliss-reactive ketones (excluding diaryl/α,β-unsaturated/α-hetero) is 1. The number of hydrogen-bond donors (Lipinski definition) is 3. The molecular formula is C40H51N3O7. The summed E-state index contributed by atoms with van der Waals surface area (Å²) in [4.78, 5) is 43.5. The number of carbonyl (C=O) groups excluding carboxylic acids is 3. The van der Waals surface area contributed by atoms with Crippen LogP contribution in [0, 0.1) is 32.6 Å². The number of fused-ring (bicyclic) bond motifs is 1. The number of ether oxygens (including phenoxy) is 2. The Morgan fingerprint density at radius 2 is 1.68 bits per heavy atom. The maximum absolute atomic E-state index is 13.5. The monoisotopic (exact) mass is 685 g/mol. The Kier molecular flexibility index (Phi) is 10.8. The lowest BCUT2D eigenvalue weighted by Gasteiger charge is -2.38. The predicted octanol–water partition coefficient (Wildman–Crippen LogP) is 5.86. The number of likely N-dealkylation sites (N-methyl/N-ethyl adjacent to an activating group) is 1. The molecule has 10 nitrogen and oxygen atoms in total. The second kappa shape index (κ2) is 14.7. The van der Waals surface area contributed by atoms with Gasteiger partial charge in [-0.2, -0.15) is 0 Å². The average Bonchev–Trinajstić information content (AvgIpc) is 3.10. The number of nitrogens with zero attached hydrogens (tertiary/aromatic N) is 2. The summed E-state index contributed by atoms with van der Waals surface area (Å²) < 4.78 is 12.1. The molecule has 1 amide bonds. The molecule has 0 aromatic heterocycles. The van der Waals surface area contributed by atoms with Crippen LogP contribution in [0.4, 0.5) is 5.69 Å². The van der Waals surface area contributed by atoms with E-state index in [1.807, 2.05) is 70.2 Å². The number of aromatic hydroxyl groups is 1. The third-order valence-electron chi connectivity index (χ3n) is 10.7. The van der Waals surface area contributed by atoms with Crippen LogP contribution in [0.25, 0.3) is 5.57 Å². The Labute approximate surface area is 295 Å². The summed E-state index contributed by atoms with van der Waals surface area (Å²) in [5.41, 5.74) is 4.69. The van der Waals surface area contributed by atoms with Crippen molar-refractivity contribution in [2.24, 2.45) is 11.8 Å². The molecule has 2 aromatic carbocycles. The zero-order valence-electron chi connectivity index (χ0n) is 30.6. The molecule has 10 heteroatoms. The zero-order valence-corrected chi connectivity index (χ0v) is 30.6. The summed E-state index contributed by atoms with van der Waals surface area (Å²) in [5.74, 6) is -1.27. The lowest BCUT2D eigenvalue weighted by Crippen LogP contribution is -2.47. The summed E-state index contributed by atoms with van der Waals surface area (Å²) in [6.45, 7) is 17.9. The molecule has 5 rings (SSSR count). The molecule has 0 radical (unpaired) electrons. The number of ketones is 1. The molecule has 0 spiro atoms. The number of benzene rings is 2. The minimum atomic E-state index is -1.15. The van der Waals surface area contributed by atoms with Crippen LogP contribution < -0.4 is 15.0 Å². The number of allylic oxidation sites excluding steroid dienone is 3. The Bertz CT molecular complexity index is 1750. The van der Waals surface area contributed by atoms with Crippen molar-refractivity contribution in [3.63, 3.8) is 0 Å². The van der Waals surface area contributed by atoms with Gasteiger partial charge < -0.3 is 29.9 Å². The molecule has 4 unspecified atom stereocenters. The molecule has 3 aliphatic rings. The molecule has 1 heterocycles. The van der Waals surface area contributed by atoms with Crippen LogP contribution in [-0.4, -0.2) is 77.2 Å². The summed E-state index contributed by atoms with van der Waals surface area (Å²) in [6, 6.07) is 7.42. The van der Waals surface area contributed by atoms with Gasteiger partial charge in [0.1, 0.15) is 23.9 Å². The number of phenolic OH excluding ortho intramolecular Hbond substituents is 1. The van der Waals surface area contributed by atoms with Gasteiger partial charge in [0.15, 0.2) is 5.78 Å². The van der Waals surface area contributed by atoms with Crippen LogP contribution in [0.5, 0.6) is 11.5 Å². The van der Waals surface area contributed by atoms with Crippen molar-refractivity contribution < 1.29 is 34.1 Å². The predicted molar refractivity (Wildman–Crippen MR) is 194 cm³/mol. The number of hydrogen-bond acceptors (Lipinski definition) is 9. The van der Waals surface area contributed by atoms with E-state index >= 15 is 0 Å². The zero-order chi connectivity index (χ0) is 36.5.